The lowest BCUT2D eigenvalue weighted by atomic mass is 10.0. The fourth-order valence-corrected chi connectivity index (χ4v) is 4.09. The minimum atomic E-state index is -0.494. The Morgan fingerprint density at radius 1 is 1.04 bits per heavy atom. The summed E-state index contributed by atoms with van der Waals surface area (Å²) in [6.07, 6.45) is 8.41. The molecule has 0 unspecified atom stereocenters. The zero-order valence-electron chi connectivity index (χ0n) is 14.5. The van der Waals surface area contributed by atoms with Crippen LogP contribution in [0.25, 0.3) is 11.1 Å². The molecule has 0 bridgehead atoms. The van der Waals surface area contributed by atoms with E-state index in [1.165, 1.54) is 37.0 Å². The van der Waals surface area contributed by atoms with Crippen LogP contribution in [-0.4, -0.2) is 16.1 Å². The maximum Gasteiger partial charge on any atom is 0.267 e. The van der Waals surface area contributed by atoms with E-state index in [-0.39, 0.29) is 0 Å². The van der Waals surface area contributed by atoms with Crippen molar-refractivity contribution >= 4 is 17.7 Å². The van der Waals surface area contributed by atoms with Gasteiger partial charge in [-0.2, -0.15) is 0 Å². The highest BCUT2D eigenvalue weighted by Crippen LogP contribution is 2.34. The number of nitrogens with zero attached hydrogens (tertiary/aromatic N) is 1. The third kappa shape index (κ3) is 5.10. The van der Waals surface area contributed by atoms with E-state index in [0.717, 1.165) is 16.4 Å². The molecule has 1 heterocycles. The van der Waals surface area contributed by atoms with E-state index < -0.39 is 5.91 Å². The third-order valence-corrected chi connectivity index (χ3v) is 5.40. The van der Waals surface area contributed by atoms with E-state index in [0.29, 0.717) is 5.69 Å². The average Bonchev–Trinajstić information content (AvgIpc) is 2.65. The number of hydrogen-bond acceptors (Lipinski definition) is 3. The van der Waals surface area contributed by atoms with Gasteiger partial charge in [-0.15, -0.1) is 11.8 Å². The van der Waals surface area contributed by atoms with E-state index in [9.17, 15) is 4.79 Å². The maximum absolute atomic E-state index is 11.2. The van der Waals surface area contributed by atoms with Crippen LogP contribution in [0.15, 0.2) is 47.5 Å². The van der Waals surface area contributed by atoms with Crippen LogP contribution in [0.5, 0.6) is 0 Å². The largest absolute Gasteiger partial charge is 0.364 e. The first-order chi connectivity index (χ1) is 11.7. The van der Waals surface area contributed by atoms with Gasteiger partial charge in [-0.25, -0.2) is 0 Å². The van der Waals surface area contributed by atoms with Gasteiger partial charge in [0.1, 0.15) is 5.69 Å². The van der Waals surface area contributed by atoms with Crippen molar-refractivity contribution in [2.45, 2.75) is 56.1 Å². The first-order valence-corrected chi connectivity index (χ1v) is 9.63. The van der Waals surface area contributed by atoms with E-state index in [4.69, 9.17) is 5.73 Å². The van der Waals surface area contributed by atoms with Gasteiger partial charge in [-0.05, 0) is 48.2 Å². The average molecular weight is 343 g/mol. The first kappa shape index (κ1) is 18.5. The molecule has 1 amide bonds. The topological polar surface area (TPSA) is 56.0 Å². The van der Waals surface area contributed by atoms with Crippen LogP contribution in [0.2, 0.25) is 0 Å². The van der Waals surface area contributed by atoms with Crippen LogP contribution in [0.4, 0.5) is 0 Å². The summed E-state index contributed by atoms with van der Waals surface area (Å²) in [6, 6.07) is 12.2. The summed E-state index contributed by atoms with van der Waals surface area (Å²) in [6.45, 7) is 4.00. The highest BCUT2D eigenvalue weighted by Gasteiger charge is 2.14. The van der Waals surface area contributed by atoms with E-state index in [1.54, 1.807) is 12.3 Å². The summed E-state index contributed by atoms with van der Waals surface area (Å²) in [7, 11) is 0. The Kier molecular flexibility index (Phi) is 7.32. The summed E-state index contributed by atoms with van der Waals surface area (Å²) in [4.78, 5) is 16.5. The monoisotopic (exact) mass is 342 g/mol. The second kappa shape index (κ2) is 9.48. The van der Waals surface area contributed by atoms with Crippen LogP contribution in [0.3, 0.4) is 0 Å². The lowest BCUT2D eigenvalue weighted by molar-refractivity contribution is 0.0995. The molecule has 3 nitrogen and oxygen atoms in total. The number of pyridine rings is 1. The van der Waals surface area contributed by atoms with Gasteiger partial charge in [-0.3, -0.25) is 9.78 Å². The second-order valence-corrected chi connectivity index (χ2v) is 7.07. The van der Waals surface area contributed by atoms with E-state index in [1.807, 2.05) is 31.7 Å². The van der Waals surface area contributed by atoms with Gasteiger partial charge >= 0.3 is 0 Å². The fourth-order valence-electron chi connectivity index (χ4n) is 2.85. The zero-order valence-corrected chi connectivity index (χ0v) is 15.3. The molecule has 1 aromatic heterocycles. The molecule has 0 saturated heterocycles. The van der Waals surface area contributed by atoms with Gasteiger partial charge in [0, 0.05) is 16.3 Å². The van der Waals surface area contributed by atoms with Crippen LogP contribution in [-0.2, 0) is 0 Å². The summed E-state index contributed by atoms with van der Waals surface area (Å²) in [5.41, 5.74) is 7.64. The van der Waals surface area contributed by atoms with E-state index in [2.05, 4.69) is 29.2 Å². The van der Waals surface area contributed by atoms with Crippen LogP contribution >= 0.6 is 11.8 Å². The number of benzene rings is 1. The van der Waals surface area contributed by atoms with Crippen molar-refractivity contribution in [3.05, 3.63) is 48.3 Å². The Morgan fingerprint density at radius 3 is 2.33 bits per heavy atom. The van der Waals surface area contributed by atoms with Crippen LogP contribution in [0, 0.1) is 0 Å². The highest BCUT2D eigenvalue weighted by atomic mass is 32.2. The van der Waals surface area contributed by atoms with Gasteiger partial charge < -0.3 is 5.73 Å². The van der Waals surface area contributed by atoms with Crippen molar-refractivity contribution in [2.75, 3.05) is 0 Å². The highest BCUT2D eigenvalue weighted by molar-refractivity contribution is 8.00. The molecule has 128 valence electrons. The number of aromatic nitrogens is 1. The molecule has 4 heteroatoms. The van der Waals surface area contributed by atoms with Gasteiger partial charge in [0.05, 0.1) is 0 Å². The lowest BCUT2D eigenvalue weighted by Gasteiger charge is -2.20. The summed E-state index contributed by atoms with van der Waals surface area (Å²) in [5, 5.41) is 0.766. The zero-order chi connectivity index (χ0) is 17.4. The molecule has 1 fully saturated rings. The molecular formula is C20H26N2OS. The lowest BCUT2D eigenvalue weighted by Crippen LogP contribution is -2.12. The van der Waals surface area contributed by atoms with Gasteiger partial charge in [0.2, 0.25) is 0 Å². The van der Waals surface area contributed by atoms with Gasteiger partial charge in [-0.1, -0.05) is 45.2 Å². The van der Waals surface area contributed by atoms with E-state index >= 15 is 0 Å². The van der Waals surface area contributed by atoms with Crippen molar-refractivity contribution in [1.29, 1.82) is 0 Å². The molecule has 2 N–H and O–H groups in total. The molecule has 1 saturated carbocycles. The number of rotatable bonds is 4. The van der Waals surface area contributed by atoms with Crippen molar-refractivity contribution in [1.82, 2.24) is 4.98 Å². The fraction of sp³-hybridized carbons (Fsp3) is 0.400. The SMILES string of the molecule is CC.NC(=O)c1cc(-c2ccc(SC3CCCCC3)cc2)ccn1. The number of amides is 1. The normalized spacial score (nSPS) is 14.6. The van der Waals surface area contributed by atoms with Crippen LogP contribution < -0.4 is 5.73 Å². The predicted molar refractivity (Wildman–Crippen MR) is 102 cm³/mol. The number of primary amides is 1. The third-order valence-electron chi connectivity index (χ3n) is 4.05. The number of carbonyl (C=O) groups is 1. The minimum Gasteiger partial charge on any atom is -0.364 e. The number of nitrogens with two attached hydrogens (primary N) is 1. The predicted octanol–water partition coefficient (Wildman–Crippen LogP) is 5.30. The van der Waals surface area contributed by atoms with Crippen molar-refractivity contribution in [3.8, 4) is 11.1 Å². The number of carbonyl (C=O) groups excluding carboxylic acids is 1. The molecule has 24 heavy (non-hydrogen) atoms. The molecule has 1 aliphatic rings. The molecular weight excluding hydrogens is 316 g/mol. The Morgan fingerprint density at radius 2 is 1.71 bits per heavy atom. The van der Waals surface area contributed by atoms with Gasteiger partial charge in [0.15, 0.2) is 0 Å². The minimum absolute atomic E-state index is 0.304. The smallest absolute Gasteiger partial charge is 0.267 e. The maximum atomic E-state index is 11.2. The molecule has 1 aromatic carbocycles. The molecule has 0 atom stereocenters. The van der Waals surface area contributed by atoms with Crippen molar-refractivity contribution in [2.24, 2.45) is 5.73 Å². The molecule has 0 aliphatic heterocycles. The number of thioether (sulfide) groups is 1. The summed E-state index contributed by atoms with van der Waals surface area (Å²) in [5.74, 6) is -0.494. The Hall–Kier alpha value is -1.81. The Labute approximate surface area is 149 Å². The van der Waals surface area contributed by atoms with Crippen molar-refractivity contribution in [3.63, 3.8) is 0 Å². The first-order valence-electron chi connectivity index (χ1n) is 8.75. The van der Waals surface area contributed by atoms with Gasteiger partial charge in [0.25, 0.3) is 5.91 Å². The molecule has 0 radical (unpaired) electrons. The summed E-state index contributed by atoms with van der Waals surface area (Å²) >= 11 is 1.99. The molecule has 0 spiro atoms. The number of hydrogen-bond donors (Lipinski definition) is 1. The molecule has 1 aliphatic carbocycles. The standard InChI is InChI=1S/C18H20N2OS.C2H6/c19-18(21)17-12-14(10-11-20-17)13-6-8-16(9-7-13)22-15-4-2-1-3-5-15;1-2/h6-12,15H,1-5H2,(H2,19,21);1-2H3. The quantitative estimate of drug-likeness (QED) is 0.820. The van der Waals surface area contributed by atoms with Crippen LogP contribution in [0.1, 0.15) is 56.4 Å². The molecule has 3 rings (SSSR count). The van der Waals surface area contributed by atoms with Crippen molar-refractivity contribution < 1.29 is 4.79 Å². The second-order valence-electron chi connectivity index (χ2n) is 5.70. The summed E-state index contributed by atoms with van der Waals surface area (Å²) < 4.78 is 0. The molecule has 2 aromatic rings. The Bertz CT molecular complexity index is 649. The Balaban J connectivity index is 0.00000100.